The van der Waals surface area contributed by atoms with Crippen LogP contribution >= 0.6 is 0 Å². The van der Waals surface area contributed by atoms with Gasteiger partial charge >= 0.3 is 0 Å². The summed E-state index contributed by atoms with van der Waals surface area (Å²) in [6, 6.07) is -0.407. The molecule has 0 bridgehead atoms. The van der Waals surface area contributed by atoms with E-state index in [-0.39, 0.29) is 47.2 Å². The molecule has 0 amide bonds. The number of hydrogen-bond donors (Lipinski definition) is 0. The van der Waals surface area contributed by atoms with Crippen molar-refractivity contribution in [3.05, 3.63) is 53.6 Å². The molecule has 0 saturated carbocycles. The maximum absolute atomic E-state index is 8.09. The van der Waals surface area contributed by atoms with Gasteiger partial charge in [-0.3, -0.25) is 0 Å². The van der Waals surface area contributed by atoms with Crippen molar-refractivity contribution in [1.29, 1.82) is 0 Å². The maximum Gasteiger partial charge on any atom is 0.212 e. The molecule has 0 radical (unpaired) electrons. The predicted molar refractivity (Wildman–Crippen MR) is 62.5 cm³/mol. The topological polar surface area (TPSA) is 3.88 Å². The van der Waals surface area contributed by atoms with Gasteiger partial charge in [0.1, 0.15) is 8.42 Å². The van der Waals surface area contributed by atoms with Crippen LogP contribution in [0, 0.1) is 13.8 Å². The van der Waals surface area contributed by atoms with Crippen molar-refractivity contribution in [2.45, 2.75) is 13.8 Å². The monoisotopic (exact) mass is 207 g/mol. The van der Waals surface area contributed by atoms with Crippen molar-refractivity contribution >= 4 is 0 Å². The van der Waals surface area contributed by atoms with E-state index < -0.39 is 18.5 Å². The van der Waals surface area contributed by atoms with Gasteiger partial charge < -0.3 is 0 Å². The second-order valence-electron chi connectivity index (χ2n) is 3.22. The highest BCUT2D eigenvalue weighted by Gasteiger charge is 2.10. The van der Waals surface area contributed by atoms with Gasteiger partial charge in [-0.05, 0) is 31.4 Å². The summed E-state index contributed by atoms with van der Waals surface area (Å²) in [6.07, 6.45) is -0.385. The second kappa shape index (κ2) is 3.85. The van der Waals surface area contributed by atoms with Crippen LogP contribution < -0.4 is 4.57 Å². The number of pyridine rings is 1. The summed E-state index contributed by atoms with van der Waals surface area (Å²) in [5.74, 6) is 0. The van der Waals surface area contributed by atoms with E-state index in [0.29, 0.717) is 0 Å². The molecule has 0 aliphatic heterocycles. The molecule has 0 saturated heterocycles. The summed E-state index contributed by atoms with van der Waals surface area (Å²) < 4.78 is 71.1. The van der Waals surface area contributed by atoms with Gasteiger partial charge in [0.05, 0.1) is 6.85 Å². The Labute approximate surface area is 104 Å². The van der Waals surface area contributed by atoms with Crippen molar-refractivity contribution in [2.75, 3.05) is 0 Å². The molecule has 0 aliphatic carbocycles. The molecule has 2 rings (SSSR count). The Morgan fingerprint density at radius 2 is 2.07 bits per heavy atom. The Morgan fingerprint density at radius 1 is 1.27 bits per heavy atom. The normalized spacial score (nSPS) is 19.7. The molecule has 1 aromatic carbocycles. The molecule has 1 heterocycles. The van der Waals surface area contributed by atoms with Crippen LogP contribution in [0.15, 0.2) is 42.5 Å². The first-order valence-corrected chi connectivity index (χ1v) is 4.47. The number of aromatic nitrogens is 1. The Bertz CT molecular complexity index is 811. The first-order valence-electron chi connectivity index (χ1n) is 8.97. The van der Waals surface area contributed by atoms with E-state index in [1.807, 2.05) is 0 Å². The molecule has 2 aromatic rings. The molecule has 1 nitrogen and oxygen atoms in total. The van der Waals surface area contributed by atoms with Crippen LogP contribution in [0.3, 0.4) is 0 Å². The second-order valence-corrected chi connectivity index (χ2v) is 3.22. The first kappa shape index (κ1) is 3.75. The van der Waals surface area contributed by atoms with Gasteiger partial charge in [-0.2, -0.15) is 0 Å². The lowest BCUT2D eigenvalue weighted by molar-refractivity contribution is -0.660. The molecule has 0 aliphatic rings. The van der Waals surface area contributed by atoms with Gasteiger partial charge in [0, 0.05) is 21.3 Å². The smallest absolute Gasteiger partial charge is 0.201 e. The molecular weight excluding hydrogens is 182 g/mol. The van der Waals surface area contributed by atoms with Crippen LogP contribution in [0.1, 0.15) is 23.5 Å². The minimum atomic E-state index is -2.62. The zero-order valence-corrected chi connectivity index (χ0v) is 8.52. The average Bonchev–Trinajstić information content (AvgIpc) is 2.47. The van der Waals surface area contributed by atoms with Gasteiger partial charge in [-0.15, -0.1) is 0 Å². The molecular formula is C14H16N+. The highest BCUT2D eigenvalue weighted by Crippen LogP contribution is 2.19. The molecule has 1 heteroatoms. The van der Waals surface area contributed by atoms with Gasteiger partial charge in [0.2, 0.25) is 5.69 Å². The molecule has 0 N–H and O–H groups in total. The van der Waals surface area contributed by atoms with Crippen LogP contribution in [0.4, 0.5) is 0 Å². The van der Waals surface area contributed by atoms with Crippen molar-refractivity contribution in [1.82, 2.24) is 0 Å². The summed E-state index contributed by atoms with van der Waals surface area (Å²) >= 11 is 0. The van der Waals surface area contributed by atoms with Crippen molar-refractivity contribution in [3.63, 3.8) is 0 Å². The van der Waals surface area contributed by atoms with E-state index in [1.165, 1.54) is 24.6 Å². The summed E-state index contributed by atoms with van der Waals surface area (Å²) in [6.45, 7) is -1.09. The third-order valence-electron chi connectivity index (χ3n) is 2.13. The Hall–Kier alpha value is -1.63. The largest absolute Gasteiger partial charge is 0.212 e. The number of benzene rings is 1. The lowest BCUT2D eigenvalue weighted by atomic mass is 10.0. The zero-order chi connectivity index (χ0) is 18.6. The van der Waals surface area contributed by atoms with Crippen LogP contribution in [0.5, 0.6) is 0 Å². The van der Waals surface area contributed by atoms with E-state index in [1.54, 1.807) is 0 Å². The predicted octanol–water partition coefficient (Wildman–Crippen LogP) is 2.79. The van der Waals surface area contributed by atoms with Crippen molar-refractivity contribution in [2.24, 2.45) is 7.05 Å². The van der Waals surface area contributed by atoms with Crippen LogP contribution in [0.25, 0.3) is 11.3 Å². The highest BCUT2D eigenvalue weighted by molar-refractivity contribution is 5.60. The van der Waals surface area contributed by atoms with Gasteiger partial charge in [0.25, 0.3) is 0 Å². The first-order chi connectivity index (χ1) is 10.9. The number of rotatable bonds is 1. The molecule has 0 spiro atoms. The minimum Gasteiger partial charge on any atom is -0.201 e. The molecule has 15 heavy (non-hydrogen) atoms. The fourth-order valence-corrected chi connectivity index (χ4v) is 1.37. The molecule has 0 fully saturated rings. The molecule has 0 atom stereocenters. The number of nitrogens with zero attached hydrogens (tertiary/aromatic N) is 1. The fourth-order valence-electron chi connectivity index (χ4n) is 1.37. The van der Waals surface area contributed by atoms with E-state index in [2.05, 4.69) is 0 Å². The molecule has 76 valence electrons. The average molecular weight is 207 g/mol. The maximum atomic E-state index is 8.09. The van der Waals surface area contributed by atoms with Crippen LogP contribution in [-0.4, -0.2) is 0 Å². The molecule has 0 unspecified atom stereocenters. The van der Waals surface area contributed by atoms with Gasteiger partial charge in [-0.25, -0.2) is 4.57 Å². The summed E-state index contributed by atoms with van der Waals surface area (Å²) in [5, 5.41) is 0. The van der Waals surface area contributed by atoms with Crippen LogP contribution in [0.2, 0.25) is 0 Å². The zero-order valence-electron chi connectivity index (χ0n) is 17.5. The quantitative estimate of drug-likeness (QED) is 0.633. The van der Waals surface area contributed by atoms with Gasteiger partial charge in [-0.1, -0.05) is 18.1 Å². The Morgan fingerprint density at radius 3 is 2.87 bits per heavy atom. The third kappa shape index (κ3) is 1.91. The van der Waals surface area contributed by atoms with Crippen LogP contribution in [-0.2, 0) is 7.05 Å². The highest BCUT2D eigenvalue weighted by atomic mass is 14.9. The SMILES string of the molecule is [2H]c1cc(-c2c([2H])c([2H])c([2H])c([2H])c2C)[n+](C)c([2H])c1C([2H])([2H])[2H]. The standard InChI is InChI=1S/C14H16N/c1-11-8-9-14(15(3)10-11)13-7-5-4-6-12(13)2/h4-10H,1-3H3/q+1/i1D3,4D,5D,6D,7D,8D,10D. The fraction of sp³-hybridized carbons (Fsp3) is 0.214. The summed E-state index contributed by atoms with van der Waals surface area (Å²) in [7, 11) is 1.44. The Kier molecular flexibility index (Phi) is 0.962. The van der Waals surface area contributed by atoms with E-state index in [9.17, 15) is 0 Å². The van der Waals surface area contributed by atoms with E-state index in [0.717, 1.165) is 0 Å². The van der Waals surface area contributed by atoms with E-state index >= 15 is 0 Å². The Balaban J connectivity index is 2.91. The summed E-state index contributed by atoms with van der Waals surface area (Å²) in [4.78, 5) is 0. The third-order valence-corrected chi connectivity index (χ3v) is 2.13. The van der Waals surface area contributed by atoms with Crippen molar-refractivity contribution in [3.8, 4) is 11.3 Å². The number of hydrogen-bond acceptors (Lipinski definition) is 0. The van der Waals surface area contributed by atoms with Gasteiger partial charge in [0.15, 0.2) is 6.17 Å². The minimum absolute atomic E-state index is 0.155. The lowest BCUT2D eigenvalue weighted by Gasteiger charge is -2.03. The molecule has 1 aromatic heterocycles. The van der Waals surface area contributed by atoms with Crippen molar-refractivity contribution < 1.29 is 16.9 Å². The lowest BCUT2D eigenvalue weighted by Crippen LogP contribution is -2.30. The summed E-state index contributed by atoms with van der Waals surface area (Å²) in [5.41, 5.74) is 0.231. The van der Waals surface area contributed by atoms with E-state index in [4.69, 9.17) is 12.3 Å².